The van der Waals surface area contributed by atoms with Gasteiger partial charge in [-0.05, 0) is 55.4 Å². The molecule has 1 saturated heterocycles. The molecule has 4 rings (SSSR count). The van der Waals surface area contributed by atoms with Crippen LogP contribution in [0.5, 0.6) is 0 Å². The van der Waals surface area contributed by atoms with Gasteiger partial charge < -0.3 is 18.9 Å². The molecule has 30 heavy (non-hydrogen) atoms. The fourth-order valence-electron chi connectivity index (χ4n) is 6.43. The molecule has 0 radical (unpaired) electrons. The van der Waals surface area contributed by atoms with Gasteiger partial charge in [0.2, 0.25) is 0 Å². The van der Waals surface area contributed by atoms with E-state index in [0.717, 1.165) is 37.7 Å². The lowest BCUT2D eigenvalue weighted by Crippen LogP contribution is -2.71. The number of esters is 3. The molecule has 2 heterocycles. The van der Waals surface area contributed by atoms with Gasteiger partial charge in [0.05, 0.1) is 6.61 Å². The number of ether oxygens (including phenoxy) is 4. The molecular weight excluding hydrogens is 388 g/mol. The third-order valence-electron chi connectivity index (χ3n) is 8.09. The molecule has 7 nitrogen and oxygen atoms in total. The normalized spacial score (nSPS) is 42.2. The summed E-state index contributed by atoms with van der Waals surface area (Å²) < 4.78 is 23.1. The van der Waals surface area contributed by atoms with E-state index in [1.807, 2.05) is 0 Å². The van der Waals surface area contributed by atoms with Crippen LogP contribution in [0.25, 0.3) is 0 Å². The summed E-state index contributed by atoms with van der Waals surface area (Å²) in [5.41, 5.74) is -0.713. The van der Waals surface area contributed by atoms with Crippen LogP contribution in [-0.4, -0.2) is 48.4 Å². The number of hydrogen-bond acceptors (Lipinski definition) is 7. The Balaban J connectivity index is 1.73. The number of cyclic esters (lactones) is 1. The summed E-state index contributed by atoms with van der Waals surface area (Å²) >= 11 is 0. The molecule has 1 spiro atoms. The first-order chi connectivity index (χ1) is 14.1. The summed E-state index contributed by atoms with van der Waals surface area (Å²) in [6.07, 6.45) is 5.93. The maximum Gasteiger partial charge on any atom is 0.331 e. The quantitative estimate of drug-likeness (QED) is 0.383. The highest BCUT2D eigenvalue weighted by atomic mass is 16.7. The minimum absolute atomic E-state index is 0.00290. The highest BCUT2D eigenvalue weighted by Gasteiger charge is 2.77. The first-order valence-corrected chi connectivity index (χ1v) is 11.0. The Bertz CT molecular complexity index is 782. The average Bonchev–Trinajstić information content (AvgIpc) is 3.32. The predicted molar refractivity (Wildman–Crippen MR) is 106 cm³/mol. The molecular formula is C23H32O7. The van der Waals surface area contributed by atoms with E-state index in [0.29, 0.717) is 19.6 Å². The van der Waals surface area contributed by atoms with E-state index in [2.05, 4.69) is 13.8 Å². The molecule has 2 saturated carbocycles. The Hall–Kier alpha value is -1.89. The number of rotatable bonds is 5. The topological polar surface area (TPSA) is 91.4 Å². The van der Waals surface area contributed by atoms with Crippen LogP contribution >= 0.6 is 0 Å². The molecule has 3 unspecified atom stereocenters. The van der Waals surface area contributed by atoms with E-state index < -0.39 is 17.3 Å². The molecule has 2 aliphatic heterocycles. The van der Waals surface area contributed by atoms with Gasteiger partial charge in [0.15, 0.2) is 5.60 Å². The Labute approximate surface area is 177 Å². The molecule has 3 fully saturated rings. The lowest BCUT2D eigenvalue weighted by atomic mass is 9.47. The van der Waals surface area contributed by atoms with Crippen molar-refractivity contribution in [3.05, 3.63) is 11.6 Å². The molecule has 0 aromatic carbocycles. The summed E-state index contributed by atoms with van der Waals surface area (Å²) in [6.45, 7) is 8.14. The molecule has 0 bridgehead atoms. The number of hydrogen-bond donors (Lipinski definition) is 0. The van der Waals surface area contributed by atoms with Crippen LogP contribution < -0.4 is 0 Å². The van der Waals surface area contributed by atoms with Crippen molar-refractivity contribution in [3.63, 3.8) is 0 Å². The predicted octanol–water partition coefficient (Wildman–Crippen LogP) is 3.10. The van der Waals surface area contributed by atoms with E-state index >= 15 is 0 Å². The molecule has 0 aromatic rings. The standard InChI is InChI=1S/C23H32O7/c1-14-10-19(29-15(2)24)23(30-16(3)25)18(6-5-8-22(23)13-28-22)21(14,4)9-7-17-11-20(26)27-12-17/h11,14,18-19H,5-10,12-13H2,1-4H3/t14?,18?,19?,21-,22-,23+/m1/s1. The van der Waals surface area contributed by atoms with Crippen LogP contribution in [0.15, 0.2) is 11.6 Å². The smallest absolute Gasteiger partial charge is 0.331 e. The Morgan fingerprint density at radius 2 is 2.00 bits per heavy atom. The molecule has 7 heteroatoms. The van der Waals surface area contributed by atoms with Crippen LogP contribution in [0, 0.1) is 17.3 Å². The van der Waals surface area contributed by atoms with Crippen molar-refractivity contribution in [1.82, 2.24) is 0 Å². The number of carbonyl (C=O) groups excluding carboxylic acids is 3. The summed E-state index contributed by atoms with van der Waals surface area (Å²) in [4.78, 5) is 35.8. The fraction of sp³-hybridized carbons (Fsp3) is 0.783. The number of carbonyl (C=O) groups is 3. The molecule has 0 amide bonds. The zero-order chi connectivity index (χ0) is 21.7. The Morgan fingerprint density at radius 3 is 2.57 bits per heavy atom. The van der Waals surface area contributed by atoms with Gasteiger partial charge in [-0.3, -0.25) is 9.59 Å². The van der Waals surface area contributed by atoms with Gasteiger partial charge in [0, 0.05) is 25.8 Å². The zero-order valence-corrected chi connectivity index (χ0v) is 18.3. The third-order valence-corrected chi connectivity index (χ3v) is 8.09. The first kappa shape index (κ1) is 21.3. The second kappa shape index (κ2) is 7.36. The largest absolute Gasteiger partial charge is 0.458 e. The van der Waals surface area contributed by atoms with Crippen LogP contribution in [-0.2, 0) is 33.3 Å². The number of epoxide rings is 1. The second-order valence-electron chi connectivity index (χ2n) is 9.77. The van der Waals surface area contributed by atoms with Crippen LogP contribution in [0.2, 0.25) is 0 Å². The van der Waals surface area contributed by atoms with Gasteiger partial charge in [-0.15, -0.1) is 0 Å². The van der Waals surface area contributed by atoms with Gasteiger partial charge in [0.25, 0.3) is 0 Å². The molecule has 6 atom stereocenters. The van der Waals surface area contributed by atoms with Crippen molar-refractivity contribution in [1.29, 1.82) is 0 Å². The minimum atomic E-state index is -0.972. The van der Waals surface area contributed by atoms with E-state index in [4.69, 9.17) is 18.9 Å². The highest BCUT2D eigenvalue weighted by Crippen LogP contribution is 2.66. The van der Waals surface area contributed by atoms with Gasteiger partial charge in [-0.25, -0.2) is 4.79 Å². The van der Waals surface area contributed by atoms with Gasteiger partial charge >= 0.3 is 17.9 Å². The third kappa shape index (κ3) is 3.26. The van der Waals surface area contributed by atoms with E-state index in [9.17, 15) is 14.4 Å². The Kier molecular flexibility index (Phi) is 5.24. The maximum atomic E-state index is 12.3. The van der Waals surface area contributed by atoms with E-state index in [1.54, 1.807) is 6.08 Å². The Morgan fingerprint density at radius 1 is 1.27 bits per heavy atom. The van der Waals surface area contributed by atoms with Crippen molar-refractivity contribution in [2.75, 3.05) is 13.2 Å². The van der Waals surface area contributed by atoms with Crippen molar-refractivity contribution in [2.24, 2.45) is 17.3 Å². The highest BCUT2D eigenvalue weighted by molar-refractivity contribution is 5.85. The maximum absolute atomic E-state index is 12.3. The van der Waals surface area contributed by atoms with E-state index in [1.165, 1.54) is 13.8 Å². The summed E-state index contributed by atoms with van der Waals surface area (Å²) in [5, 5.41) is 0. The first-order valence-electron chi connectivity index (χ1n) is 11.0. The zero-order valence-electron chi connectivity index (χ0n) is 18.3. The average molecular weight is 421 g/mol. The lowest BCUT2D eigenvalue weighted by Gasteiger charge is -2.62. The van der Waals surface area contributed by atoms with Crippen molar-refractivity contribution >= 4 is 17.9 Å². The molecule has 0 aromatic heterocycles. The second-order valence-corrected chi connectivity index (χ2v) is 9.77. The molecule has 166 valence electrons. The minimum Gasteiger partial charge on any atom is -0.458 e. The van der Waals surface area contributed by atoms with Crippen molar-refractivity contribution in [2.45, 2.75) is 83.5 Å². The van der Waals surface area contributed by atoms with Crippen LogP contribution in [0.3, 0.4) is 0 Å². The lowest BCUT2D eigenvalue weighted by molar-refractivity contribution is -0.262. The van der Waals surface area contributed by atoms with Gasteiger partial charge in [-0.1, -0.05) is 13.8 Å². The van der Waals surface area contributed by atoms with Gasteiger partial charge in [-0.2, -0.15) is 0 Å². The van der Waals surface area contributed by atoms with Crippen molar-refractivity contribution in [3.8, 4) is 0 Å². The monoisotopic (exact) mass is 420 g/mol. The number of fused-ring (bicyclic) bond motifs is 2. The van der Waals surface area contributed by atoms with Crippen LogP contribution in [0.4, 0.5) is 0 Å². The fourth-order valence-corrected chi connectivity index (χ4v) is 6.43. The summed E-state index contributed by atoms with van der Waals surface area (Å²) in [5.74, 6) is -0.781. The van der Waals surface area contributed by atoms with Gasteiger partial charge in [0.1, 0.15) is 18.3 Å². The molecule has 2 aliphatic carbocycles. The van der Waals surface area contributed by atoms with Crippen LogP contribution in [0.1, 0.15) is 66.2 Å². The van der Waals surface area contributed by atoms with E-state index in [-0.39, 0.29) is 35.2 Å². The molecule has 4 aliphatic rings. The SMILES string of the molecule is CC(=O)OC1CC(C)[C@@](C)(CCC2=CC(=O)OC2)C2CCC[C@@]3(CO3)[C@@]12OC(C)=O. The van der Waals surface area contributed by atoms with Crippen molar-refractivity contribution < 1.29 is 33.3 Å². The molecule has 0 N–H and O–H groups in total. The summed E-state index contributed by atoms with van der Waals surface area (Å²) in [6, 6.07) is 0. The summed E-state index contributed by atoms with van der Waals surface area (Å²) in [7, 11) is 0.